The van der Waals surface area contributed by atoms with Gasteiger partial charge in [0.1, 0.15) is 18.1 Å². The van der Waals surface area contributed by atoms with Crippen LogP contribution in [0.15, 0.2) is 45.5 Å². The highest BCUT2D eigenvalue weighted by atomic mass is 16.5. The number of rotatable bonds is 10. The van der Waals surface area contributed by atoms with Crippen LogP contribution in [0.25, 0.3) is 0 Å². The fraction of sp³-hybridized carbons (Fsp3) is 0.409. The van der Waals surface area contributed by atoms with Crippen LogP contribution in [0.5, 0.6) is 11.5 Å². The summed E-state index contributed by atoms with van der Waals surface area (Å²) in [6.45, 7) is 5.67. The third-order valence-electron chi connectivity index (χ3n) is 4.94. The lowest BCUT2D eigenvalue weighted by atomic mass is 10.1. The Kier molecular flexibility index (Phi) is 6.95. The first-order valence-corrected chi connectivity index (χ1v) is 9.61. The van der Waals surface area contributed by atoms with Gasteiger partial charge in [-0.3, -0.25) is 4.90 Å². The maximum Gasteiger partial charge on any atom is 0.161 e. The quantitative estimate of drug-likeness (QED) is 0.555. The molecule has 1 unspecified atom stereocenters. The molecule has 0 amide bonds. The van der Waals surface area contributed by atoms with E-state index in [1.165, 1.54) is 0 Å². The SMILES string of the molecule is COc1cc(CNCC(c2ccco2)N(C)C)ccc1OCc1c(C)noc1C. The Morgan fingerprint density at radius 2 is 2.00 bits per heavy atom. The van der Waals surface area contributed by atoms with Gasteiger partial charge in [0.25, 0.3) is 0 Å². The Morgan fingerprint density at radius 3 is 2.62 bits per heavy atom. The molecule has 0 bridgehead atoms. The molecule has 156 valence electrons. The van der Waals surface area contributed by atoms with Gasteiger partial charge in [0.2, 0.25) is 0 Å². The standard InChI is InChI=1S/C22H29N3O4/c1-15-18(16(2)29-24-15)14-28-21-9-8-17(11-22(21)26-5)12-23-13-19(25(3)4)20-7-6-10-27-20/h6-11,19,23H,12-14H2,1-5H3. The van der Waals surface area contributed by atoms with E-state index in [1.54, 1.807) is 13.4 Å². The Hall–Kier alpha value is -2.77. The van der Waals surface area contributed by atoms with Crippen LogP contribution < -0.4 is 14.8 Å². The number of nitrogens with one attached hydrogen (secondary N) is 1. The first-order valence-electron chi connectivity index (χ1n) is 9.61. The predicted octanol–water partition coefficient (Wildman–Crippen LogP) is 3.86. The molecular formula is C22H29N3O4. The first kappa shape index (κ1) is 21.0. The molecule has 0 radical (unpaired) electrons. The Balaban J connectivity index is 1.59. The second kappa shape index (κ2) is 9.62. The van der Waals surface area contributed by atoms with E-state index < -0.39 is 0 Å². The molecule has 0 aliphatic heterocycles. The van der Waals surface area contributed by atoms with E-state index in [9.17, 15) is 0 Å². The third-order valence-corrected chi connectivity index (χ3v) is 4.94. The van der Waals surface area contributed by atoms with Crippen molar-refractivity contribution in [1.82, 2.24) is 15.4 Å². The summed E-state index contributed by atoms with van der Waals surface area (Å²) in [6, 6.07) is 10.1. The van der Waals surface area contributed by atoms with Gasteiger partial charge in [0.05, 0.1) is 30.7 Å². The number of ether oxygens (including phenoxy) is 2. The third kappa shape index (κ3) is 5.19. The van der Waals surface area contributed by atoms with E-state index in [0.29, 0.717) is 24.7 Å². The van der Waals surface area contributed by atoms with E-state index in [0.717, 1.165) is 34.9 Å². The summed E-state index contributed by atoms with van der Waals surface area (Å²) in [5.74, 6) is 3.11. The number of aryl methyl sites for hydroxylation is 2. The molecule has 7 nitrogen and oxygen atoms in total. The minimum atomic E-state index is 0.171. The molecule has 3 rings (SSSR count). The van der Waals surface area contributed by atoms with E-state index in [1.807, 2.05) is 58.3 Å². The Morgan fingerprint density at radius 1 is 1.17 bits per heavy atom. The topological polar surface area (TPSA) is 72.9 Å². The van der Waals surface area contributed by atoms with E-state index in [-0.39, 0.29) is 6.04 Å². The molecule has 1 atom stereocenters. The fourth-order valence-electron chi connectivity index (χ4n) is 3.17. The van der Waals surface area contributed by atoms with Crippen molar-refractivity contribution in [1.29, 1.82) is 0 Å². The van der Waals surface area contributed by atoms with Crippen molar-refractivity contribution in [3.63, 3.8) is 0 Å². The molecule has 0 saturated heterocycles. The average molecular weight is 399 g/mol. The van der Waals surface area contributed by atoms with Crippen LogP contribution in [0, 0.1) is 13.8 Å². The molecule has 0 fully saturated rings. The zero-order valence-corrected chi connectivity index (χ0v) is 17.7. The molecule has 7 heteroatoms. The summed E-state index contributed by atoms with van der Waals surface area (Å²) in [7, 11) is 5.74. The zero-order valence-electron chi connectivity index (χ0n) is 17.7. The van der Waals surface area contributed by atoms with Crippen LogP contribution in [-0.4, -0.2) is 37.8 Å². The van der Waals surface area contributed by atoms with Crippen LogP contribution in [0.3, 0.4) is 0 Å². The fourth-order valence-corrected chi connectivity index (χ4v) is 3.17. The van der Waals surface area contributed by atoms with E-state index in [2.05, 4.69) is 15.4 Å². The minimum Gasteiger partial charge on any atom is -0.493 e. The predicted molar refractivity (Wildman–Crippen MR) is 110 cm³/mol. The van der Waals surface area contributed by atoms with Gasteiger partial charge in [-0.1, -0.05) is 11.2 Å². The van der Waals surface area contributed by atoms with Gasteiger partial charge in [0.15, 0.2) is 11.5 Å². The van der Waals surface area contributed by atoms with Gasteiger partial charge in [-0.2, -0.15) is 0 Å². The number of aromatic nitrogens is 1. The number of methoxy groups -OCH3 is 1. The molecule has 3 aromatic rings. The van der Waals surface area contributed by atoms with Gasteiger partial charge >= 0.3 is 0 Å². The van der Waals surface area contributed by atoms with Crippen molar-refractivity contribution in [2.75, 3.05) is 27.7 Å². The summed E-state index contributed by atoms with van der Waals surface area (Å²) in [5, 5.41) is 7.45. The average Bonchev–Trinajstić information content (AvgIpc) is 3.34. The molecule has 0 spiro atoms. The monoisotopic (exact) mass is 399 g/mol. The van der Waals surface area contributed by atoms with E-state index in [4.69, 9.17) is 18.4 Å². The lowest BCUT2D eigenvalue weighted by Crippen LogP contribution is -2.30. The van der Waals surface area contributed by atoms with Gasteiger partial charge in [-0.25, -0.2) is 0 Å². The molecule has 2 aromatic heterocycles. The maximum atomic E-state index is 5.95. The van der Waals surface area contributed by atoms with Crippen LogP contribution in [0.1, 0.15) is 34.4 Å². The van der Waals surface area contributed by atoms with Gasteiger partial charge in [0, 0.05) is 13.1 Å². The van der Waals surface area contributed by atoms with Crippen LogP contribution in [0.2, 0.25) is 0 Å². The van der Waals surface area contributed by atoms with Crippen LogP contribution in [-0.2, 0) is 13.2 Å². The lowest BCUT2D eigenvalue weighted by molar-refractivity contribution is 0.250. The van der Waals surface area contributed by atoms with Crippen molar-refractivity contribution >= 4 is 0 Å². The number of likely N-dealkylation sites (N-methyl/N-ethyl adjacent to an activating group) is 1. The van der Waals surface area contributed by atoms with Gasteiger partial charge in [-0.15, -0.1) is 0 Å². The number of furan rings is 1. The van der Waals surface area contributed by atoms with E-state index >= 15 is 0 Å². The second-order valence-electron chi connectivity index (χ2n) is 7.20. The summed E-state index contributed by atoms with van der Waals surface area (Å²) in [6.07, 6.45) is 1.71. The summed E-state index contributed by atoms with van der Waals surface area (Å²) in [4.78, 5) is 2.14. The smallest absolute Gasteiger partial charge is 0.161 e. The molecule has 29 heavy (non-hydrogen) atoms. The summed E-state index contributed by atoms with van der Waals surface area (Å²) >= 11 is 0. The molecule has 0 aliphatic carbocycles. The molecule has 0 aliphatic rings. The minimum absolute atomic E-state index is 0.171. The number of hydrogen-bond donors (Lipinski definition) is 1. The number of hydrogen-bond acceptors (Lipinski definition) is 7. The highest BCUT2D eigenvalue weighted by Crippen LogP contribution is 2.29. The Bertz CT molecular complexity index is 883. The van der Waals surface area contributed by atoms with Crippen molar-refractivity contribution in [2.24, 2.45) is 0 Å². The first-order chi connectivity index (χ1) is 14.0. The molecule has 1 N–H and O–H groups in total. The molecule has 2 heterocycles. The summed E-state index contributed by atoms with van der Waals surface area (Å²) < 4.78 is 22.2. The highest BCUT2D eigenvalue weighted by molar-refractivity contribution is 5.43. The normalized spacial score (nSPS) is 12.3. The maximum absolute atomic E-state index is 5.95. The Labute approximate surface area is 171 Å². The number of benzene rings is 1. The van der Waals surface area contributed by atoms with Crippen molar-refractivity contribution in [3.8, 4) is 11.5 Å². The van der Waals surface area contributed by atoms with Gasteiger partial charge in [-0.05, 0) is 57.8 Å². The molecular weight excluding hydrogens is 370 g/mol. The molecule has 1 aromatic carbocycles. The second-order valence-corrected chi connectivity index (χ2v) is 7.20. The van der Waals surface area contributed by atoms with Crippen LogP contribution >= 0.6 is 0 Å². The number of nitrogens with zero attached hydrogens (tertiary/aromatic N) is 2. The molecule has 0 saturated carbocycles. The zero-order chi connectivity index (χ0) is 20.8. The van der Waals surface area contributed by atoms with Crippen molar-refractivity contribution < 1.29 is 18.4 Å². The van der Waals surface area contributed by atoms with Crippen LogP contribution in [0.4, 0.5) is 0 Å². The van der Waals surface area contributed by atoms with Crippen molar-refractivity contribution in [2.45, 2.75) is 33.0 Å². The summed E-state index contributed by atoms with van der Waals surface area (Å²) in [5.41, 5.74) is 2.92. The van der Waals surface area contributed by atoms with Crippen molar-refractivity contribution in [3.05, 3.63) is 64.9 Å². The highest BCUT2D eigenvalue weighted by Gasteiger charge is 2.16. The lowest BCUT2D eigenvalue weighted by Gasteiger charge is -2.22. The largest absolute Gasteiger partial charge is 0.493 e. The van der Waals surface area contributed by atoms with Gasteiger partial charge < -0.3 is 23.7 Å².